The number of ether oxygens (including phenoxy) is 3. The Hall–Kier alpha value is -2.63. The Balaban J connectivity index is 2.30. The zero-order valence-corrected chi connectivity index (χ0v) is 36.6. The number of hydrogen-bond acceptors (Lipinski definition) is 10. The first kappa shape index (κ1) is 53.4. The van der Waals surface area contributed by atoms with Crippen molar-refractivity contribution in [1.82, 2.24) is 0 Å². The monoisotopic (exact) mass is 837 g/mol. The van der Waals surface area contributed by atoms with Crippen molar-refractivity contribution in [3.63, 3.8) is 0 Å². The van der Waals surface area contributed by atoms with Crippen LogP contribution in [0.4, 0.5) is 0 Å². The normalized spacial score (nSPS) is 18.0. The Morgan fingerprint density at radius 1 is 0.621 bits per heavy atom. The van der Waals surface area contributed by atoms with Crippen LogP contribution < -0.4 is 0 Å². The molecule has 12 heteroatoms. The predicted octanol–water partition coefficient (Wildman–Crippen LogP) is 10.7. The van der Waals surface area contributed by atoms with Crippen LogP contribution in [0.25, 0.3) is 0 Å². The molecule has 1 heterocycles. The highest BCUT2D eigenvalue weighted by atomic mass is 31.2. The van der Waals surface area contributed by atoms with Crippen LogP contribution in [0.1, 0.15) is 155 Å². The van der Waals surface area contributed by atoms with Crippen LogP contribution in [-0.4, -0.2) is 77.9 Å². The molecule has 11 nitrogen and oxygen atoms in total. The van der Waals surface area contributed by atoms with Crippen molar-refractivity contribution in [3.8, 4) is 0 Å². The molecule has 0 radical (unpaired) electrons. The highest BCUT2D eigenvalue weighted by molar-refractivity contribution is 7.47. The van der Waals surface area contributed by atoms with E-state index in [0.29, 0.717) is 25.0 Å². The van der Waals surface area contributed by atoms with E-state index in [1.165, 1.54) is 38.5 Å². The highest BCUT2D eigenvalue weighted by Crippen LogP contribution is 2.43. The number of phosphoric acid groups is 1. The van der Waals surface area contributed by atoms with Gasteiger partial charge in [0.25, 0.3) is 0 Å². The number of allylic oxidation sites excluding steroid dienone is 10. The van der Waals surface area contributed by atoms with Crippen molar-refractivity contribution in [2.24, 2.45) is 0 Å². The molecule has 3 N–H and O–H groups in total. The lowest BCUT2D eigenvalue weighted by molar-refractivity contribution is -0.161. The summed E-state index contributed by atoms with van der Waals surface area (Å²) in [5.74, 6) is -1.04. The van der Waals surface area contributed by atoms with Gasteiger partial charge < -0.3 is 29.3 Å². The molecule has 0 bridgehead atoms. The van der Waals surface area contributed by atoms with E-state index >= 15 is 0 Å². The van der Waals surface area contributed by atoms with Crippen molar-refractivity contribution in [2.75, 3.05) is 26.4 Å². The largest absolute Gasteiger partial charge is 0.472 e. The lowest BCUT2D eigenvalue weighted by atomic mass is 10.1. The fourth-order valence-electron chi connectivity index (χ4n) is 5.76. The summed E-state index contributed by atoms with van der Waals surface area (Å²) in [4.78, 5) is 35.0. The van der Waals surface area contributed by atoms with Gasteiger partial charge in [-0.05, 0) is 77.0 Å². The first-order valence-electron chi connectivity index (χ1n) is 22.0. The number of carbonyl (C=O) groups is 2. The summed E-state index contributed by atoms with van der Waals surface area (Å²) in [7, 11) is -4.64. The van der Waals surface area contributed by atoms with Gasteiger partial charge in [-0.3, -0.25) is 18.6 Å². The maximum absolute atomic E-state index is 12.6. The second-order valence-electron chi connectivity index (χ2n) is 14.7. The van der Waals surface area contributed by atoms with Gasteiger partial charge in [-0.15, -0.1) is 0 Å². The van der Waals surface area contributed by atoms with Crippen LogP contribution in [0.15, 0.2) is 72.9 Å². The number of hydrogen-bond donors (Lipinski definition) is 3. The topological polar surface area (TPSA) is 161 Å². The molecule has 1 aliphatic heterocycles. The van der Waals surface area contributed by atoms with Crippen molar-refractivity contribution >= 4 is 19.8 Å². The molecule has 58 heavy (non-hydrogen) atoms. The number of unbranched alkanes of at least 4 members (excludes halogenated alkanes) is 11. The number of aliphatic hydroxyl groups excluding tert-OH is 2. The van der Waals surface area contributed by atoms with Crippen LogP contribution in [-0.2, 0) is 37.4 Å². The van der Waals surface area contributed by atoms with E-state index in [1.807, 2.05) is 12.2 Å². The number of epoxide rings is 1. The Bertz CT molecular complexity index is 1260. The van der Waals surface area contributed by atoms with Gasteiger partial charge >= 0.3 is 19.8 Å². The Morgan fingerprint density at radius 3 is 1.74 bits per heavy atom. The van der Waals surface area contributed by atoms with Crippen molar-refractivity contribution in [2.45, 2.75) is 180 Å². The molecule has 332 valence electrons. The van der Waals surface area contributed by atoms with Crippen molar-refractivity contribution < 1.29 is 52.5 Å². The Morgan fingerprint density at radius 2 is 1.14 bits per heavy atom. The molecule has 1 aliphatic rings. The second kappa shape index (κ2) is 37.4. The van der Waals surface area contributed by atoms with Crippen LogP contribution in [0.2, 0.25) is 0 Å². The number of aliphatic hydroxyl groups is 2. The minimum Gasteiger partial charge on any atom is -0.462 e. The number of rotatable bonds is 39. The molecule has 0 aliphatic carbocycles. The molecule has 0 saturated carbocycles. The molecular formula is C46H77O11P. The molecule has 0 aromatic carbocycles. The minimum absolute atomic E-state index is 0.108. The smallest absolute Gasteiger partial charge is 0.462 e. The summed E-state index contributed by atoms with van der Waals surface area (Å²) in [5, 5.41) is 18.3. The average Bonchev–Trinajstić information content (AvgIpc) is 3.97. The zero-order chi connectivity index (χ0) is 42.4. The second-order valence-corrected chi connectivity index (χ2v) is 16.2. The number of carbonyl (C=O) groups excluding carboxylic acids is 2. The molecular weight excluding hydrogens is 759 g/mol. The van der Waals surface area contributed by atoms with Gasteiger partial charge in [0, 0.05) is 12.8 Å². The zero-order valence-electron chi connectivity index (χ0n) is 35.7. The quantitative estimate of drug-likeness (QED) is 0.0178. The van der Waals surface area contributed by atoms with Crippen LogP contribution >= 0.6 is 7.82 Å². The molecule has 0 spiro atoms. The van der Waals surface area contributed by atoms with E-state index in [4.69, 9.17) is 23.8 Å². The molecule has 1 saturated heterocycles. The Kier molecular flexibility index (Phi) is 34.4. The summed E-state index contributed by atoms with van der Waals surface area (Å²) in [6.07, 6.45) is 44.9. The highest BCUT2D eigenvalue weighted by Gasteiger charge is 2.36. The van der Waals surface area contributed by atoms with E-state index in [2.05, 4.69) is 79.1 Å². The first-order chi connectivity index (χ1) is 28.2. The molecule has 0 aromatic heterocycles. The average molecular weight is 837 g/mol. The van der Waals surface area contributed by atoms with Gasteiger partial charge in [0.15, 0.2) is 6.10 Å². The fourth-order valence-corrected chi connectivity index (χ4v) is 6.55. The van der Waals surface area contributed by atoms with Crippen molar-refractivity contribution in [3.05, 3.63) is 72.9 Å². The molecule has 1 rings (SSSR count). The third-order valence-electron chi connectivity index (χ3n) is 9.26. The van der Waals surface area contributed by atoms with E-state index in [-0.39, 0.29) is 19.4 Å². The van der Waals surface area contributed by atoms with Gasteiger partial charge in [0.1, 0.15) is 12.7 Å². The van der Waals surface area contributed by atoms with E-state index in [0.717, 1.165) is 77.0 Å². The van der Waals surface area contributed by atoms with Gasteiger partial charge in [0.2, 0.25) is 0 Å². The van der Waals surface area contributed by atoms with Gasteiger partial charge in [0.05, 0.1) is 32.0 Å². The SMILES string of the molecule is CC/C=C\CC1OC1C/C=C\C/C=C\C/C=C\C/C=C\CCC(=O)OC[C@H](COP(=O)(O)OC[C@@H](O)CO)OC(=O)CCCCCCC/C=C\CCCCCCCC. The van der Waals surface area contributed by atoms with Gasteiger partial charge in [-0.2, -0.15) is 0 Å². The standard InChI is InChI=1S/C46H77O11P/c1-3-5-7-8-9-10-11-12-13-14-19-22-25-28-32-36-46(50)56-42(40-55-58(51,52)54-38-41(48)37-47)39-53-45(49)35-31-27-24-21-18-16-15-17-20-23-26-30-34-44-43(57-44)33-29-6-4-2/h6,12-13,16-18,20,24,26-27,29-30,41-44,47-48H,3-5,7-11,14-15,19,21-23,25,28,31-40H2,1-2H3,(H,51,52)/b13-12-,18-16-,20-17-,27-24-,29-6-,30-26-/t41-,42+,43?,44?/m0/s1. The molecule has 0 aromatic rings. The third-order valence-corrected chi connectivity index (χ3v) is 10.2. The molecule has 0 amide bonds. The fraction of sp³-hybridized carbons (Fsp3) is 0.696. The molecule has 3 unspecified atom stereocenters. The molecule has 1 fully saturated rings. The van der Waals surface area contributed by atoms with Crippen molar-refractivity contribution in [1.29, 1.82) is 0 Å². The lowest BCUT2D eigenvalue weighted by Crippen LogP contribution is -2.29. The lowest BCUT2D eigenvalue weighted by Gasteiger charge is -2.20. The van der Waals surface area contributed by atoms with Gasteiger partial charge in [-0.25, -0.2) is 4.57 Å². The minimum atomic E-state index is -4.64. The summed E-state index contributed by atoms with van der Waals surface area (Å²) in [6.45, 7) is 2.14. The summed E-state index contributed by atoms with van der Waals surface area (Å²) < 4.78 is 38.3. The summed E-state index contributed by atoms with van der Waals surface area (Å²) in [5.41, 5.74) is 0. The maximum Gasteiger partial charge on any atom is 0.472 e. The number of esters is 2. The van der Waals surface area contributed by atoms with Crippen LogP contribution in [0, 0.1) is 0 Å². The maximum atomic E-state index is 12.6. The number of phosphoric ester groups is 1. The van der Waals surface area contributed by atoms with Crippen LogP contribution in [0.3, 0.4) is 0 Å². The van der Waals surface area contributed by atoms with E-state index < -0.39 is 51.8 Å². The summed E-state index contributed by atoms with van der Waals surface area (Å²) >= 11 is 0. The molecule has 5 atom stereocenters. The van der Waals surface area contributed by atoms with Crippen LogP contribution in [0.5, 0.6) is 0 Å². The van der Waals surface area contributed by atoms with E-state index in [9.17, 15) is 24.2 Å². The Labute approximate surface area is 350 Å². The third kappa shape index (κ3) is 34.3. The predicted molar refractivity (Wildman–Crippen MR) is 232 cm³/mol. The summed E-state index contributed by atoms with van der Waals surface area (Å²) in [6, 6.07) is 0. The van der Waals surface area contributed by atoms with E-state index in [1.54, 1.807) is 0 Å². The first-order valence-corrected chi connectivity index (χ1v) is 23.5. The van der Waals surface area contributed by atoms with Gasteiger partial charge in [-0.1, -0.05) is 138 Å².